The van der Waals surface area contributed by atoms with E-state index in [0.717, 1.165) is 12.2 Å². The zero-order valence-electron chi connectivity index (χ0n) is 10.5. The fourth-order valence-corrected chi connectivity index (χ4v) is 2.04. The van der Waals surface area contributed by atoms with E-state index in [1.165, 1.54) is 0 Å². The zero-order chi connectivity index (χ0) is 13.2. The van der Waals surface area contributed by atoms with Crippen molar-refractivity contribution in [3.8, 4) is 0 Å². The van der Waals surface area contributed by atoms with Gasteiger partial charge in [0.2, 0.25) is 0 Å². The number of aromatic nitrogens is 5. The van der Waals surface area contributed by atoms with Crippen molar-refractivity contribution in [3.05, 3.63) is 53.2 Å². The van der Waals surface area contributed by atoms with Crippen molar-refractivity contribution in [1.29, 1.82) is 0 Å². The largest absolute Gasteiger partial charge is 0.333 e. The topological polar surface area (TPSA) is 65.6 Å². The van der Waals surface area contributed by atoms with Gasteiger partial charge in [0, 0.05) is 18.9 Å². The average Bonchev–Trinajstić information content (AvgIpc) is 2.89. The highest BCUT2D eigenvalue weighted by Crippen LogP contribution is 2.04. The Morgan fingerprint density at radius 1 is 1.21 bits per heavy atom. The lowest BCUT2D eigenvalue weighted by Gasteiger charge is -2.08. The van der Waals surface area contributed by atoms with Gasteiger partial charge in [-0.25, -0.2) is 15.0 Å². The van der Waals surface area contributed by atoms with Gasteiger partial charge in [-0.2, -0.15) is 0 Å². The molecule has 0 aliphatic rings. The first kappa shape index (κ1) is 11.6. The van der Waals surface area contributed by atoms with Gasteiger partial charge in [0.1, 0.15) is 0 Å². The molecule has 6 nitrogen and oxygen atoms in total. The van der Waals surface area contributed by atoms with E-state index in [1.807, 2.05) is 11.5 Å². The first-order valence-corrected chi connectivity index (χ1v) is 6.08. The minimum Gasteiger partial charge on any atom is -0.333 e. The van der Waals surface area contributed by atoms with Crippen molar-refractivity contribution < 1.29 is 0 Å². The quantitative estimate of drug-likeness (QED) is 0.701. The number of nitrogens with zero attached hydrogens (tertiary/aromatic N) is 5. The molecule has 0 fully saturated rings. The lowest BCUT2D eigenvalue weighted by atomic mass is 10.3. The second-order valence-corrected chi connectivity index (χ2v) is 4.22. The lowest BCUT2D eigenvalue weighted by molar-refractivity contribution is 0.652. The van der Waals surface area contributed by atoms with E-state index in [1.54, 1.807) is 41.7 Å². The summed E-state index contributed by atoms with van der Waals surface area (Å²) in [5.74, 6) is 0. The number of imidazole rings is 1. The summed E-state index contributed by atoms with van der Waals surface area (Å²) in [4.78, 5) is 24.7. The van der Waals surface area contributed by atoms with Gasteiger partial charge in [-0.05, 0) is 19.1 Å². The Morgan fingerprint density at radius 2 is 2.11 bits per heavy atom. The Bertz CT molecular complexity index is 774. The molecule has 0 saturated heterocycles. The van der Waals surface area contributed by atoms with Crippen LogP contribution in [0.4, 0.5) is 0 Å². The molecule has 3 heterocycles. The molecule has 3 aromatic heterocycles. The monoisotopic (exact) mass is 255 g/mol. The van der Waals surface area contributed by atoms with Crippen LogP contribution in [0.25, 0.3) is 11.0 Å². The highest BCUT2D eigenvalue weighted by Gasteiger charge is 2.07. The Labute approximate surface area is 109 Å². The van der Waals surface area contributed by atoms with Gasteiger partial charge in [0.05, 0.1) is 30.4 Å². The van der Waals surface area contributed by atoms with Crippen molar-refractivity contribution in [2.75, 3.05) is 0 Å². The van der Waals surface area contributed by atoms with E-state index in [-0.39, 0.29) is 5.56 Å². The van der Waals surface area contributed by atoms with Crippen LogP contribution in [0.2, 0.25) is 0 Å². The molecule has 0 bridgehead atoms. The molecule has 0 radical (unpaired) electrons. The summed E-state index contributed by atoms with van der Waals surface area (Å²) in [6, 6.07) is 3.55. The third-order valence-corrected chi connectivity index (χ3v) is 3.06. The lowest BCUT2D eigenvalue weighted by Crippen LogP contribution is -2.23. The molecule has 3 rings (SSSR count). The van der Waals surface area contributed by atoms with E-state index in [9.17, 15) is 4.79 Å². The van der Waals surface area contributed by atoms with E-state index < -0.39 is 0 Å². The smallest absolute Gasteiger partial charge is 0.280 e. The Kier molecular flexibility index (Phi) is 2.83. The molecular formula is C13H13N5O. The van der Waals surface area contributed by atoms with Crippen molar-refractivity contribution in [1.82, 2.24) is 24.1 Å². The van der Waals surface area contributed by atoms with Crippen molar-refractivity contribution in [2.45, 2.75) is 20.0 Å². The van der Waals surface area contributed by atoms with Gasteiger partial charge < -0.3 is 4.57 Å². The maximum atomic E-state index is 12.3. The summed E-state index contributed by atoms with van der Waals surface area (Å²) in [6.07, 6.45) is 6.68. The SMILES string of the molecule is CCn1cncc1Cn1cnc2cccnc2c1=O. The van der Waals surface area contributed by atoms with Crippen LogP contribution in [-0.4, -0.2) is 24.1 Å². The minimum absolute atomic E-state index is 0.130. The zero-order valence-corrected chi connectivity index (χ0v) is 10.5. The van der Waals surface area contributed by atoms with Gasteiger partial charge in [0.15, 0.2) is 5.52 Å². The van der Waals surface area contributed by atoms with Crippen LogP contribution in [-0.2, 0) is 13.1 Å². The maximum absolute atomic E-state index is 12.3. The predicted molar refractivity (Wildman–Crippen MR) is 70.8 cm³/mol. The molecule has 0 aliphatic carbocycles. The number of aryl methyl sites for hydroxylation is 1. The molecular weight excluding hydrogens is 242 g/mol. The number of hydrogen-bond acceptors (Lipinski definition) is 4. The van der Waals surface area contributed by atoms with Crippen LogP contribution in [0.5, 0.6) is 0 Å². The number of hydrogen-bond donors (Lipinski definition) is 0. The van der Waals surface area contributed by atoms with Gasteiger partial charge in [-0.3, -0.25) is 9.36 Å². The fourth-order valence-electron chi connectivity index (χ4n) is 2.04. The molecule has 0 spiro atoms. The molecule has 0 aromatic carbocycles. The molecule has 0 unspecified atom stereocenters. The highest BCUT2D eigenvalue weighted by atomic mass is 16.1. The summed E-state index contributed by atoms with van der Waals surface area (Å²) in [6.45, 7) is 3.31. The molecule has 96 valence electrons. The maximum Gasteiger partial charge on any atom is 0.280 e. The van der Waals surface area contributed by atoms with E-state index >= 15 is 0 Å². The average molecular weight is 255 g/mol. The summed E-state index contributed by atoms with van der Waals surface area (Å²) in [5.41, 5.74) is 1.86. The molecule has 3 aromatic rings. The van der Waals surface area contributed by atoms with Crippen molar-refractivity contribution in [2.24, 2.45) is 0 Å². The molecule has 0 N–H and O–H groups in total. The molecule has 0 saturated carbocycles. The van der Waals surface area contributed by atoms with Gasteiger partial charge >= 0.3 is 0 Å². The summed E-state index contributed by atoms with van der Waals surface area (Å²) >= 11 is 0. The number of fused-ring (bicyclic) bond motifs is 1. The van der Waals surface area contributed by atoms with Crippen LogP contribution >= 0.6 is 0 Å². The Morgan fingerprint density at radius 3 is 2.95 bits per heavy atom. The fraction of sp³-hybridized carbons (Fsp3) is 0.231. The third kappa shape index (κ3) is 2.01. The predicted octanol–water partition coefficient (Wildman–Crippen LogP) is 1.06. The van der Waals surface area contributed by atoms with E-state index in [0.29, 0.717) is 17.6 Å². The Balaban J connectivity index is 2.07. The van der Waals surface area contributed by atoms with E-state index in [2.05, 4.69) is 15.0 Å². The minimum atomic E-state index is -0.130. The molecule has 19 heavy (non-hydrogen) atoms. The normalized spacial score (nSPS) is 11.0. The van der Waals surface area contributed by atoms with Crippen LogP contribution in [0.15, 0.2) is 42.0 Å². The highest BCUT2D eigenvalue weighted by molar-refractivity contribution is 5.71. The molecule has 0 aliphatic heterocycles. The first-order valence-electron chi connectivity index (χ1n) is 6.08. The second kappa shape index (κ2) is 4.64. The van der Waals surface area contributed by atoms with Gasteiger partial charge in [-0.1, -0.05) is 0 Å². The number of rotatable bonds is 3. The van der Waals surface area contributed by atoms with E-state index in [4.69, 9.17) is 0 Å². The second-order valence-electron chi connectivity index (χ2n) is 4.22. The van der Waals surface area contributed by atoms with Crippen LogP contribution in [0.3, 0.4) is 0 Å². The third-order valence-electron chi connectivity index (χ3n) is 3.06. The molecule has 0 atom stereocenters. The number of pyridine rings is 1. The molecule has 6 heteroatoms. The standard InChI is InChI=1S/C13H13N5O/c1-2-17-8-14-6-10(17)7-18-9-16-11-4-3-5-15-12(11)13(18)19/h3-6,8-9H,2,7H2,1H3. The van der Waals surface area contributed by atoms with Gasteiger partial charge in [0.25, 0.3) is 5.56 Å². The summed E-state index contributed by atoms with van der Waals surface area (Å²) in [7, 11) is 0. The van der Waals surface area contributed by atoms with Crippen molar-refractivity contribution in [3.63, 3.8) is 0 Å². The summed E-state index contributed by atoms with van der Waals surface area (Å²) < 4.78 is 3.55. The molecule has 0 amide bonds. The Hall–Kier alpha value is -2.50. The van der Waals surface area contributed by atoms with Crippen LogP contribution in [0.1, 0.15) is 12.6 Å². The first-order chi connectivity index (χ1) is 9.29. The summed E-state index contributed by atoms with van der Waals surface area (Å²) in [5, 5.41) is 0. The van der Waals surface area contributed by atoms with Crippen LogP contribution in [0, 0.1) is 0 Å². The van der Waals surface area contributed by atoms with Gasteiger partial charge in [-0.15, -0.1) is 0 Å². The van der Waals surface area contributed by atoms with Crippen molar-refractivity contribution >= 4 is 11.0 Å². The van der Waals surface area contributed by atoms with Crippen LogP contribution < -0.4 is 5.56 Å².